The van der Waals surface area contributed by atoms with Gasteiger partial charge in [0.15, 0.2) is 5.11 Å². The van der Waals surface area contributed by atoms with Gasteiger partial charge in [0.05, 0.1) is 19.8 Å². The summed E-state index contributed by atoms with van der Waals surface area (Å²) in [5, 5.41) is 7.08. The van der Waals surface area contributed by atoms with Crippen LogP contribution in [0.25, 0.3) is 0 Å². The van der Waals surface area contributed by atoms with Crippen molar-refractivity contribution in [3.8, 4) is 11.5 Å². The van der Waals surface area contributed by atoms with Crippen molar-refractivity contribution >= 4 is 23.0 Å². The fraction of sp³-hybridized carbons (Fsp3) is 0.350. The minimum Gasteiger partial charge on any atom is -0.497 e. The number of thiocarbonyl (C=S) groups is 1. The van der Waals surface area contributed by atoms with Crippen molar-refractivity contribution in [3.05, 3.63) is 54.1 Å². The second kappa shape index (κ2) is 9.99. The van der Waals surface area contributed by atoms with Crippen LogP contribution in [0.2, 0.25) is 0 Å². The molecule has 2 aromatic carbocycles. The van der Waals surface area contributed by atoms with Gasteiger partial charge >= 0.3 is 0 Å². The van der Waals surface area contributed by atoms with Gasteiger partial charge in [0.25, 0.3) is 0 Å². The smallest absolute Gasteiger partial charge is 0.170 e. The largest absolute Gasteiger partial charge is 0.497 e. The summed E-state index contributed by atoms with van der Waals surface area (Å²) in [6.45, 7) is 3.31. The number of rotatable bonds is 8. The van der Waals surface area contributed by atoms with Gasteiger partial charge in [0.1, 0.15) is 11.5 Å². The molecule has 1 atom stereocenters. The van der Waals surface area contributed by atoms with Crippen molar-refractivity contribution < 1.29 is 9.47 Å². The predicted octanol–water partition coefficient (Wildman–Crippen LogP) is 3.68. The number of likely N-dealkylation sites (N-methyl/N-ethyl adjacent to an activating group) is 1. The lowest BCUT2D eigenvalue weighted by Crippen LogP contribution is -2.36. The lowest BCUT2D eigenvalue weighted by molar-refractivity contribution is 0.298. The molecule has 0 spiro atoms. The molecule has 5 nitrogen and oxygen atoms in total. The molecule has 0 aliphatic rings. The number of benzene rings is 2. The summed E-state index contributed by atoms with van der Waals surface area (Å²) in [5.74, 6) is 1.70. The topological polar surface area (TPSA) is 45.8 Å². The van der Waals surface area contributed by atoms with Crippen LogP contribution < -0.4 is 20.1 Å². The van der Waals surface area contributed by atoms with Crippen LogP contribution in [0, 0.1) is 0 Å². The van der Waals surface area contributed by atoms with Crippen LogP contribution in [-0.4, -0.2) is 44.4 Å². The zero-order valence-corrected chi connectivity index (χ0v) is 16.6. The minimum absolute atomic E-state index is 0.171. The number of anilines is 1. The lowest BCUT2D eigenvalue weighted by atomic mass is 10.1. The highest BCUT2D eigenvalue weighted by molar-refractivity contribution is 7.80. The Labute approximate surface area is 161 Å². The molecule has 0 amide bonds. The highest BCUT2D eigenvalue weighted by Gasteiger charge is 2.15. The van der Waals surface area contributed by atoms with Crippen molar-refractivity contribution in [2.45, 2.75) is 13.0 Å². The molecule has 6 heteroatoms. The van der Waals surface area contributed by atoms with Gasteiger partial charge in [-0.1, -0.05) is 12.1 Å². The molecule has 26 heavy (non-hydrogen) atoms. The van der Waals surface area contributed by atoms with E-state index >= 15 is 0 Å². The second-order valence-electron chi connectivity index (χ2n) is 6.05. The SMILES string of the molecule is CCOc1ccc(NC(=S)NC[C@H](c2cccc(OC)c2)N(C)C)cc1. The maximum Gasteiger partial charge on any atom is 0.170 e. The maximum absolute atomic E-state index is 5.45. The molecule has 2 N–H and O–H groups in total. The first-order valence-electron chi connectivity index (χ1n) is 8.61. The number of ether oxygens (including phenoxy) is 2. The molecule has 2 aromatic rings. The van der Waals surface area contributed by atoms with Gasteiger partial charge in [-0.2, -0.15) is 0 Å². The number of nitrogens with one attached hydrogen (secondary N) is 2. The molecule has 0 saturated carbocycles. The van der Waals surface area contributed by atoms with E-state index in [0.29, 0.717) is 18.3 Å². The first-order valence-corrected chi connectivity index (χ1v) is 9.02. The van der Waals surface area contributed by atoms with Crippen LogP contribution in [0.1, 0.15) is 18.5 Å². The quantitative estimate of drug-likeness (QED) is 0.688. The van der Waals surface area contributed by atoms with Crippen LogP contribution in [0.3, 0.4) is 0 Å². The van der Waals surface area contributed by atoms with Gasteiger partial charge in [-0.25, -0.2) is 0 Å². The van der Waals surface area contributed by atoms with E-state index in [9.17, 15) is 0 Å². The Morgan fingerprint density at radius 2 is 1.85 bits per heavy atom. The summed E-state index contributed by atoms with van der Waals surface area (Å²) in [6, 6.07) is 16.0. The van der Waals surface area contributed by atoms with E-state index in [1.54, 1.807) is 7.11 Å². The van der Waals surface area contributed by atoms with E-state index in [4.69, 9.17) is 21.7 Å². The summed E-state index contributed by atoms with van der Waals surface area (Å²) in [5.41, 5.74) is 2.10. The summed E-state index contributed by atoms with van der Waals surface area (Å²) >= 11 is 5.43. The van der Waals surface area contributed by atoms with Crippen LogP contribution in [0.15, 0.2) is 48.5 Å². The van der Waals surface area contributed by atoms with Crippen LogP contribution in [0.4, 0.5) is 5.69 Å². The second-order valence-corrected chi connectivity index (χ2v) is 6.46. The summed E-state index contributed by atoms with van der Waals surface area (Å²) in [6.07, 6.45) is 0. The van der Waals surface area contributed by atoms with Crippen molar-refractivity contribution in [2.24, 2.45) is 0 Å². The van der Waals surface area contributed by atoms with E-state index in [-0.39, 0.29) is 6.04 Å². The van der Waals surface area contributed by atoms with Crippen LogP contribution in [-0.2, 0) is 0 Å². The molecule has 0 unspecified atom stereocenters. The molecule has 0 radical (unpaired) electrons. The van der Waals surface area contributed by atoms with E-state index in [1.165, 1.54) is 5.56 Å². The van der Waals surface area contributed by atoms with E-state index < -0.39 is 0 Å². The third-order valence-electron chi connectivity index (χ3n) is 3.98. The Morgan fingerprint density at radius 3 is 2.46 bits per heavy atom. The molecule has 0 aliphatic heterocycles. The molecule has 0 aromatic heterocycles. The zero-order valence-electron chi connectivity index (χ0n) is 15.8. The Balaban J connectivity index is 1.94. The molecule has 0 aliphatic carbocycles. The summed E-state index contributed by atoms with van der Waals surface area (Å²) in [7, 11) is 5.78. The highest BCUT2D eigenvalue weighted by atomic mass is 32.1. The van der Waals surface area contributed by atoms with Gasteiger partial charge in [0, 0.05) is 12.2 Å². The van der Waals surface area contributed by atoms with Gasteiger partial charge in [-0.3, -0.25) is 0 Å². The van der Waals surface area contributed by atoms with Crippen LogP contribution in [0.5, 0.6) is 11.5 Å². The maximum atomic E-state index is 5.45. The summed E-state index contributed by atoms with van der Waals surface area (Å²) in [4.78, 5) is 2.15. The fourth-order valence-corrected chi connectivity index (χ4v) is 2.81. The van der Waals surface area contributed by atoms with Crippen molar-refractivity contribution in [2.75, 3.05) is 39.7 Å². The number of hydrogen-bond donors (Lipinski definition) is 2. The highest BCUT2D eigenvalue weighted by Crippen LogP contribution is 2.22. The average molecular weight is 374 g/mol. The Morgan fingerprint density at radius 1 is 1.12 bits per heavy atom. The minimum atomic E-state index is 0.171. The Bertz CT molecular complexity index is 704. The van der Waals surface area contributed by atoms with Crippen LogP contribution >= 0.6 is 12.2 Å². The normalized spacial score (nSPS) is 11.7. The fourth-order valence-electron chi connectivity index (χ4n) is 2.61. The molecule has 140 valence electrons. The first kappa shape index (κ1) is 20.0. The van der Waals surface area contributed by atoms with E-state index in [1.807, 2.05) is 43.3 Å². The predicted molar refractivity (Wildman–Crippen MR) is 111 cm³/mol. The molecule has 2 rings (SSSR count). The van der Waals surface area contributed by atoms with Crippen molar-refractivity contribution in [3.63, 3.8) is 0 Å². The van der Waals surface area contributed by atoms with Gasteiger partial charge in [-0.05, 0) is 75.2 Å². The van der Waals surface area contributed by atoms with Crippen molar-refractivity contribution in [1.29, 1.82) is 0 Å². The van der Waals surface area contributed by atoms with Gasteiger partial charge < -0.3 is 25.0 Å². The van der Waals surface area contributed by atoms with Crippen molar-refractivity contribution in [1.82, 2.24) is 10.2 Å². The summed E-state index contributed by atoms with van der Waals surface area (Å²) < 4.78 is 10.8. The number of hydrogen-bond acceptors (Lipinski definition) is 4. The third kappa shape index (κ3) is 5.89. The zero-order chi connectivity index (χ0) is 18.9. The van der Waals surface area contributed by atoms with Gasteiger partial charge in [-0.15, -0.1) is 0 Å². The molecule has 0 bridgehead atoms. The molecular weight excluding hydrogens is 346 g/mol. The Kier molecular flexibility index (Phi) is 7.69. The Hall–Kier alpha value is -2.31. The van der Waals surface area contributed by atoms with E-state index in [0.717, 1.165) is 17.2 Å². The standard InChI is InChI=1S/C20H27N3O2S/c1-5-25-17-11-9-16(10-12-17)22-20(26)21-14-19(23(2)3)15-7-6-8-18(13-15)24-4/h6-13,19H,5,14H2,1-4H3,(H2,21,22,26)/t19-/m1/s1. The monoisotopic (exact) mass is 373 g/mol. The molecule has 0 heterocycles. The third-order valence-corrected chi connectivity index (χ3v) is 4.23. The number of nitrogens with zero attached hydrogens (tertiary/aromatic N) is 1. The molecule has 0 saturated heterocycles. The van der Waals surface area contributed by atoms with Gasteiger partial charge in [0.2, 0.25) is 0 Å². The van der Waals surface area contributed by atoms with E-state index in [2.05, 4.69) is 41.8 Å². The number of methoxy groups -OCH3 is 1. The molecular formula is C20H27N3O2S. The average Bonchev–Trinajstić information content (AvgIpc) is 2.63. The molecule has 0 fully saturated rings. The first-order chi connectivity index (χ1) is 12.5. The lowest BCUT2D eigenvalue weighted by Gasteiger charge is -2.26.